The van der Waals surface area contributed by atoms with E-state index in [2.05, 4.69) is 36.4 Å². The van der Waals surface area contributed by atoms with Gasteiger partial charge in [-0.2, -0.15) is 5.10 Å². The van der Waals surface area contributed by atoms with Gasteiger partial charge in [-0.25, -0.2) is 9.50 Å². The number of H-pyrrole nitrogens is 1. The molecule has 6 aromatic heterocycles. The van der Waals surface area contributed by atoms with Crippen molar-refractivity contribution in [3.8, 4) is 22.3 Å². The van der Waals surface area contributed by atoms with Crippen LogP contribution in [-0.4, -0.2) is 35.5 Å². The van der Waals surface area contributed by atoms with Gasteiger partial charge >= 0.3 is 0 Å². The Balaban J connectivity index is 1.35. The van der Waals surface area contributed by atoms with Gasteiger partial charge < -0.3 is 10.3 Å². The summed E-state index contributed by atoms with van der Waals surface area (Å²) in [5.74, 6) is 0.243. The Labute approximate surface area is 188 Å². The van der Waals surface area contributed by atoms with Crippen LogP contribution in [0.2, 0.25) is 0 Å². The molecule has 0 saturated heterocycles. The maximum atomic E-state index is 12.4. The highest BCUT2D eigenvalue weighted by molar-refractivity contribution is 6.04. The molecular weight excluding hydrogens is 414 g/mol. The number of rotatable bonds is 4. The highest BCUT2D eigenvalue weighted by atomic mass is 16.1. The Morgan fingerprint density at radius 3 is 2.67 bits per heavy atom. The van der Waals surface area contributed by atoms with E-state index in [4.69, 9.17) is 0 Å². The number of hydrogen-bond donors (Lipinski definition) is 2. The summed E-state index contributed by atoms with van der Waals surface area (Å²) in [6, 6.07) is 15.1. The zero-order valence-corrected chi connectivity index (χ0v) is 17.3. The minimum absolute atomic E-state index is 0.231. The molecule has 0 fully saturated rings. The van der Waals surface area contributed by atoms with Gasteiger partial charge in [0.25, 0.3) is 5.91 Å². The molecule has 0 aromatic carbocycles. The SMILES string of the molecule is O=C(Nc1ccc2c(-c3ccn4ncc(-c5cccnc5)c4c3)c[nH]c2n1)c1ccncc1. The molecule has 2 N–H and O–H groups in total. The van der Waals surface area contributed by atoms with Crippen molar-refractivity contribution in [3.63, 3.8) is 0 Å². The topological polar surface area (TPSA) is 101 Å². The van der Waals surface area contributed by atoms with Gasteiger partial charge in [0.05, 0.1) is 11.7 Å². The molecule has 6 rings (SSSR count). The molecule has 6 heterocycles. The molecule has 0 radical (unpaired) electrons. The zero-order chi connectivity index (χ0) is 22.2. The van der Waals surface area contributed by atoms with Crippen molar-refractivity contribution in [2.75, 3.05) is 5.32 Å². The Hall–Kier alpha value is -4.85. The molecule has 8 heteroatoms. The first-order valence-corrected chi connectivity index (χ1v) is 10.3. The highest BCUT2D eigenvalue weighted by Crippen LogP contribution is 2.32. The van der Waals surface area contributed by atoms with Gasteiger partial charge in [-0.1, -0.05) is 6.07 Å². The normalized spacial score (nSPS) is 11.2. The Bertz CT molecular complexity index is 1600. The number of fused-ring (bicyclic) bond motifs is 2. The molecule has 6 aromatic rings. The summed E-state index contributed by atoms with van der Waals surface area (Å²) in [4.78, 5) is 28.4. The van der Waals surface area contributed by atoms with E-state index in [-0.39, 0.29) is 5.91 Å². The fourth-order valence-electron chi connectivity index (χ4n) is 3.90. The Morgan fingerprint density at radius 2 is 1.82 bits per heavy atom. The van der Waals surface area contributed by atoms with Crippen LogP contribution in [-0.2, 0) is 0 Å². The van der Waals surface area contributed by atoms with Crippen LogP contribution in [0, 0.1) is 0 Å². The smallest absolute Gasteiger partial charge is 0.256 e. The van der Waals surface area contributed by atoms with E-state index in [0.29, 0.717) is 17.0 Å². The van der Waals surface area contributed by atoms with Gasteiger partial charge in [0, 0.05) is 64.8 Å². The number of anilines is 1. The largest absolute Gasteiger partial charge is 0.345 e. The maximum Gasteiger partial charge on any atom is 0.256 e. The lowest BCUT2D eigenvalue weighted by Crippen LogP contribution is -2.12. The molecule has 1 amide bonds. The number of nitrogens with zero attached hydrogens (tertiary/aromatic N) is 5. The van der Waals surface area contributed by atoms with Crippen molar-refractivity contribution in [1.29, 1.82) is 0 Å². The van der Waals surface area contributed by atoms with Crippen LogP contribution in [0.1, 0.15) is 10.4 Å². The summed E-state index contributed by atoms with van der Waals surface area (Å²) >= 11 is 0. The van der Waals surface area contributed by atoms with Crippen LogP contribution in [0.5, 0.6) is 0 Å². The fraction of sp³-hybridized carbons (Fsp3) is 0. The van der Waals surface area contributed by atoms with Crippen LogP contribution in [0.15, 0.2) is 91.9 Å². The zero-order valence-electron chi connectivity index (χ0n) is 17.3. The van der Waals surface area contributed by atoms with Crippen molar-refractivity contribution >= 4 is 28.3 Å². The monoisotopic (exact) mass is 431 g/mol. The number of aromatic nitrogens is 6. The van der Waals surface area contributed by atoms with E-state index >= 15 is 0 Å². The maximum absolute atomic E-state index is 12.4. The minimum atomic E-state index is -0.231. The standard InChI is InChI=1S/C25H17N7O/c33-25(16-5-9-26-10-6-16)31-23-4-3-19-20(14-28-24(19)30-23)17-7-11-32-22(12-17)21(15-29-32)18-2-1-8-27-13-18/h1-15H,(H2,28,30,31,33). The lowest BCUT2D eigenvalue weighted by atomic mass is 10.0. The first-order chi connectivity index (χ1) is 16.3. The van der Waals surface area contributed by atoms with Gasteiger partial charge in [0.1, 0.15) is 11.5 Å². The number of nitrogens with one attached hydrogen (secondary N) is 2. The third-order valence-electron chi connectivity index (χ3n) is 5.53. The van der Waals surface area contributed by atoms with E-state index in [0.717, 1.165) is 33.2 Å². The Kier molecular flexibility index (Phi) is 4.40. The molecule has 0 aliphatic rings. The second kappa shape index (κ2) is 7.69. The second-order valence-electron chi connectivity index (χ2n) is 7.53. The number of aromatic amines is 1. The van der Waals surface area contributed by atoms with E-state index in [1.807, 2.05) is 53.6 Å². The van der Waals surface area contributed by atoms with Crippen molar-refractivity contribution in [2.24, 2.45) is 0 Å². The number of carbonyl (C=O) groups excluding carboxylic acids is 1. The third-order valence-corrected chi connectivity index (χ3v) is 5.53. The summed E-state index contributed by atoms with van der Waals surface area (Å²) in [6.07, 6.45) is 12.5. The quantitative estimate of drug-likeness (QED) is 0.425. The fourth-order valence-corrected chi connectivity index (χ4v) is 3.90. The predicted molar refractivity (Wildman–Crippen MR) is 126 cm³/mol. The van der Waals surface area contributed by atoms with Gasteiger partial charge in [-0.15, -0.1) is 0 Å². The predicted octanol–water partition coefficient (Wildman–Crippen LogP) is 4.59. The minimum Gasteiger partial charge on any atom is -0.345 e. The van der Waals surface area contributed by atoms with Gasteiger partial charge in [0.2, 0.25) is 0 Å². The lowest BCUT2D eigenvalue weighted by Gasteiger charge is -2.05. The molecule has 158 valence electrons. The van der Waals surface area contributed by atoms with Crippen LogP contribution in [0.4, 0.5) is 5.82 Å². The van der Waals surface area contributed by atoms with E-state index in [1.54, 1.807) is 36.8 Å². The average Bonchev–Trinajstić information content (AvgIpc) is 3.48. The van der Waals surface area contributed by atoms with E-state index < -0.39 is 0 Å². The summed E-state index contributed by atoms with van der Waals surface area (Å²) in [6.45, 7) is 0. The van der Waals surface area contributed by atoms with Gasteiger partial charge in [-0.05, 0) is 48.0 Å². The molecule has 0 aliphatic carbocycles. The summed E-state index contributed by atoms with van der Waals surface area (Å²) < 4.78 is 1.85. The van der Waals surface area contributed by atoms with Crippen LogP contribution < -0.4 is 5.32 Å². The van der Waals surface area contributed by atoms with Crippen molar-refractivity contribution in [3.05, 3.63) is 97.5 Å². The van der Waals surface area contributed by atoms with Crippen molar-refractivity contribution in [2.45, 2.75) is 0 Å². The van der Waals surface area contributed by atoms with Crippen molar-refractivity contribution < 1.29 is 4.79 Å². The first-order valence-electron chi connectivity index (χ1n) is 10.3. The van der Waals surface area contributed by atoms with Crippen molar-refractivity contribution in [1.82, 2.24) is 29.5 Å². The van der Waals surface area contributed by atoms with Crippen LogP contribution in [0.3, 0.4) is 0 Å². The Morgan fingerprint density at radius 1 is 0.909 bits per heavy atom. The molecule has 0 saturated carbocycles. The molecular formula is C25H17N7O. The highest BCUT2D eigenvalue weighted by Gasteiger charge is 2.13. The number of carbonyl (C=O) groups is 1. The van der Waals surface area contributed by atoms with Crippen LogP contribution in [0.25, 0.3) is 38.8 Å². The van der Waals surface area contributed by atoms with E-state index in [9.17, 15) is 4.79 Å². The third kappa shape index (κ3) is 3.39. The molecule has 0 bridgehead atoms. The van der Waals surface area contributed by atoms with Gasteiger partial charge in [-0.3, -0.25) is 14.8 Å². The summed E-state index contributed by atoms with van der Waals surface area (Å²) in [7, 11) is 0. The molecule has 8 nitrogen and oxygen atoms in total. The molecule has 0 aliphatic heterocycles. The van der Waals surface area contributed by atoms with Gasteiger partial charge in [0.15, 0.2) is 0 Å². The summed E-state index contributed by atoms with van der Waals surface area (Å²) in [5.41, 5.74) is 6.30. The molecule has 0 unspecified atom stereocenters. The van der Waals surface area contributed by atoms with E-state index in [1.165, 1.54) is 0 Å². The molecule has 33 heavy (non-hydrogen) atoms. The number of hydrogen-bond acceptors (Lipinski definition) is 5. The molecule has 0 atom stereocenters. The summed E-state index contributed by atoms with van der Waals surface area (Å²) in [5, 5.41) is 8.26. The first kappa shape index (κ1) is 18.9. The second-order valence-corrected chi connectivity index (χ2v) is 7.53. The lowest BCUT2D eigenvalue weighted by molar-refractivity contribution is 0.102. The number of pyridine rings is 4. The van der Waals surface area contributed by atoms with Crippen LogP contribution >= 0.6 is 0 Å². The average molecular weight is 431 g/mol. The molecule has 0 spiro atoms. The number of amides is 1.